The molecule has 0 radical (unpaired) electrons. The average molecular weight is 292 g/mol. The number of amides is 2. The molecule has 5 heteroatoms. The Kier molecular flexibility index (Phi) is 5.72. The molecule has 21 heavy (non-hydrogen) atoms. The summed E-state index contributed by atoms with van der Waals surface area (Å²) in [6, 6.07) is 7.71. The van der Waals surface area contributed by atoms with Crippen LogP contribution in [0.4, 0.5) is 4.79 Å². The molecule has 0 aromatic heterocycles. The zero-order valence-electron chi connectivity index (χ0n) is 12.8. The van der Waals surface area contributed by atoms with Crippen LogP contribution in [0.3, 0.4) is 0 Å². The van der Waals surface area contributed by atoms with Crippen molar-refractivity contribution in [2.45, 2.75) is 38.6 Å². The normalized spacial score (nSPS) is 18.2. The third-order valence-electron chi connectivity index (χ3n) is 3.88. The van der Waals surface area contributed by atoms with Crippen molar-refractivity contribution in [3.8, 4) is 11.5 Å². The van der Waals surface area contributed by atoms with Gasteiger partial charge in [0.25, 0.3) is 0 Å². The topological polar surface area (TPSA) is 50.8 Å². The molecule has 0 bridgehead atoms. The molecule has 0 saturated carbocycles. The summed E-state index contributed by atoms with van der Waals surface area (Å²) in [5.74, 6) is 1.29. The minimum absolute atomic E-state index is 0.0450. The Hall–Kier alpha value is -1.91. The van der Waals surface area contributed by atoms with E-state index in [4.69, 9.17) is 9.47 Å². The van der Waals surface area contributed by atoms with E-state index in [1.165, 1.54) is 6.42 Å². The molecular formula is C16H24N2O3. The second kappa shape index (κ2) is 7.76. The molecule has 0 spiro atoms. The van der Waals surface area contributed by atoms with Gasteiger partial charge in [0, 0.05) is 12.6 Å². The van der Waals surface area contributed by atoms with E-state index in [1.54, 1.807) is 7.11 Å². The summed E-state index contributed by atoms with van der Waals surface area (Å²) in [4.78, 5) is 14.1. The monoisotopic (exact) mass is 292 g/mol. The fourth-order valence-electron chi connectivity index (χ4n) is 2.71. The largest absolute Gasteiger partial charge is 0.493 e. The summed E-state index contributed by atoms with van der Waals surface area (Å²) in [5, 5.41) is 2.83. The predicted octanol–water partition coefficient (Wildman–Crippen LogP) is 3.01. The molecule has 1 heterocycles. The van der Waals surface area contributed by atoms with Gasteiger partial charge in [-0.25, -0.2) is 4.79 Å². The second-order valence-electron chi connectivity index (χ2n) is 5.17. The average Bonchev–Trinajstić information content (AvgIpc) is 2.55. The van der Waals surface area contributed by atoms with Gasteiger partial charge in [-0.05, 0) is 37.8 Å². The van der Waals surface area contributed by atoms with Gasteiger partial charge in [0.15, 0.2) is 18.2 Å². The minimum atomic E-state index is -0.0450. The van der Waals surface area contributed by atoms with E-state index in [0.29, 0.717) is 17.5 Å². The lowest BCUT2D eigenvalue weighted by molar-refractivity contribution is 0.140. The molecule has 1 saturated heterocycles. The van der Waals surface area contributed by atoms with E-state index in [2.05, 4.69) is 12.2 Å². The number of nitrogens with zero attached hydrogens (tertiary/aromatic N) is 1. The summed E-state index contributed by atoms with van der Waals surface area (Å²) >= 11 is 0. The fraction of sp³-hybridized carbons (Fsp3) is 0.562. The number of hydrogen-bond donors (Lipinski definition) is 1. The first-order valence-corrected chi connectivity index (χ1v) is 7.56. The number of nitrogens with one attached hydrogen (secondary N) is 1. The van der Waals surface area contributed by atoms with Gasteiger partial charge in [-0.15, -0.1) is 0 Å². The summed E-state index contributed by atoms with van der Waals surface area (Å²) in [6.07, 6.45) is 4.38. The molecule has 0 aliphatic carbocycles. The van der Waals surface area contributed by atoms with Crippen LogP contribution in [0.25, 0.3) is 0 Å². The molecule has 1 atom stereocenters. The molecule has 2 amide bonds. The number of rotatable bonds is 5. The molecule has 5 nitrogen and oxygen atoms in total. The Morgan fingerprint density at radius 1 is 1.33 bits per heavy atom. The lowest BCUT2D eigenvalue weighted by Gasteiger charge is -2.35. The van der Waals surface area contributed by atoms with Gasteiger partial charge in [0.1, 0.15) is 0 Å². The third kappa shape index (κ3) is 4.03. The minimum Gasteiger partial charge on any atom is -0.493 e. The van der Waals surface area contributed by atoms with Crippen molar-refractivity contribution >= 4 is 6.03 Å². The number of methoxy groups -OCH3 is 1. The van der Waals surface area contributed by atoms with E-state index in [9.17, 15) is 4.79 Å². The molecule has 1 N–H and O–H groups in total. The summed E-state index contributed by atoms with van der Waals surface area (Å²) in [6.45, 7) is 3.10. The van der Waals surface area contributed by atoms with Gasteiger partial charge in [0.05, 0.1) is 7.11 Å². The predicted molar refractivity (Wildman–Crippen MR) is 81.7 cm³/mol. The van der Waals surface area contributed by atoms with Crippen LogP contribution in [0.5, 0.6) is 11.5 Å². The van der Waals surface area contributed by atoms with Crippen LogP contribution in [0.1, 0.15) is 32.6 Å². The van der Waals surface area contributed by atoms with Gasteiger partial charge in [0.2, 0.25) is 0 Å². The molecule has 1 aliphatic rings. The van der Waals surface area contributed by atoms with E-state index >= 15 is 0 Å². The lowest BCUT2D eigenvalue weighted by atomic mass is 10.0. The third-order valence-corrected chi connectivity index (χ3v) is 3.88. The van der Waals surface area contributed by atoms with Crippen molar-refractivity contribution < 1.29 is 14.3 Å². The van der Waals surface area contributed by atoms with Gasteiger partial charge < -0.3 is 19.7 Å². The first-order valence-electron chi connectivity index (χ1n) is 7.56. The van der Waals surface area contributed by atoms with Gasteiger partial charge >= 0.3 is 6.03 Å². The molecule has 1 aromatic rings. The molecule has 116 valence electrons. The second-order valence-corrected chi connectivity index (χ2v) is 5.17. The van der Waals surface area contributed by atoms with Crippen molar-refractivity contribution in [1.29, 1.82) is 0 Å². The first-order chi connectivity index (χ1) is 10.3. The number of likely N-dealkylation sites (tertiary alicyclic amines) is 1. The number of hydrogen-bond acceptors (Lipinski definition) is 3. The van der Waals surface area contributed by atoms with E-state index in [-0.39, 0.29) is 12.8 Å². The van der Waals surface area contributed by atoms with Crippen LogP contribution in [-0.4, -0.2) is 37.4 Å². The molecular weight excluding hydrogens is 268 g/mol. The molecule has 1 aromatic carbocycles. The number of para-hydroxylation sites is 2. The highest BCUT2D eigenvalue weighted by molar-refractivity contribution is 5.74. The van der Waals surface area contributed by atoms with Crippen molar-refractivity contribution in [1.82, 2.24) is 10.2 Å². The van der Waals surface area contributed by atoms with Crippen LogP contribution in [-0.2, 0) is 0 Å². The number of carbonyl (C=O) groups is 1. The van der Waals surface area contributed by atoms with Crippen molar-refractivity contribution in [2.75, 3.05) is 20.4 Å². The van der Waals surface area contributed by atoms with E-state index in [0.717, 1.165) is 25.8 Å². The Balaban J connectivity index is 1.83. The van der Waals surface area contributed by atoms with Crippen LogP contribution in [0, 0.1) is 0 Å². The van der Waals surface area contributed by atoms with Gasteiger partial charge in [-0.2, -0.15) is 0 Å². The van der Waals surface area contributed by atoms with Gasteiger partial charge in [-0.3, -0.25) is 0 Å². The van der Waals surface area contributed by atoms with Crippen molar-refractivity contribution in [3.63, 3.8) is 0 Å². The maximum absolute atomic E-state index is 12.2. The highest BCUT2D eigenvalue weighted by Gasteiger charge is 2.24. The number of benzene rings is 1. The standard InChI is InChI=1S/C16H24N2O3/c1-3-13-8-6-7-11-18(13)16(19)17-12-21-15-10-5-4-9-14(15)20-2/h4-5,9-10,13H,3,6-8,11-12H2,1-2H3,(H,17,19). The quantitative estimate of drug-likeness (QED) is 0.849. The Morgan fingerprint density at radius 3 is 2.81 bits per heavy atom. The molecule has 1 aliphatic heterocycles. The zero-order valence-corrected chi connectivity index (χ0v) is 12.8. The number of ether oxygens (including phenoxy) is 2. The van der Waals surface area contributed by atoms with E-state index in [1.807, 2.05) is 29.2 Å². The highest BCUT2D eigenvalue weighted by atomic mass is 16.5. The molecule has 1 unspecified atom stereocenters. The maximum atomic E-state index is 12.2. The fourth-order valence-corrected chi connectivity index (χ4v) is 2.71. The first kappa shape index (κ1) is 15.5. The van der Waals surface area contributed by atoms with Crippen LogP contribution < -0.4 is 14.8 Å². The number of piperidine rings is 1. The van der Waals surface area contributed by atoms with E-state index < -0.39 is 0 Å². The van der Waals surface area contributed by atoms with Crippen molar-refractivity contribution in [3.05, 3.63) is 24.3 Å². The SMILES string of the molecule is CCC1CCCCN1C(=O)NCOc1ccccc1OC. The Morgan fingerprint density at radius 2 is 2.10 bits per heavy atom. The van der Waals surface area contributed by atoms with Crippen LogP contribution >= 0.6 is 0 Å². The number of carbonyl (C=O) groups excluding carboxylic acids is 1. The Bertz CT molecular complexity index is 465. The highest BCUT2D eigenvalue weighted by Crippen LogP contribution is 2.25. The summed E-state index contributed by atoms with van der Waals surface area (Å²) < 4.78 is 10.8. The van der Waals surface area contributed by atoms with Crippen LogP contribution in [0.15, 0.2) is 24.3 Å². The Labute approximate surface area is 126 Å². The maximum Gasteiger partial charge on any atom is 0.320 e. The van der Waals surface area contributed by atoms with Gasteiger partial charge in [-0.1, -0.05) is 19.1 Å². The van der Waals surface area contributed by atoms with Crippen LogP contribution in [0.2, 0.25) is 0 Å². The summed E-state index contributed by atoms with van der Waals surface area (Å²) in [7, 11) is 1.60. The lowest BCUT2D eigenvalue weighted by Crippen LogP contribution is -2.49. The smallest absolute Gasteiger partial charge is 0.320 e. The number of urea groups is 1. The zero-order chi connectivity index (χ0) is 15.1. The van der Waals surface area contributed by atoms with Crippen molar-refractivity contribution in [2.24, 2.45) is 0 Å². The molecule has 2 rings (SSSR count). The summed E-state index contributed by atoms with van der Waals surface area (Å²) in [5.41, 5.74) is 0. The molecule has 1 fully saturated rings.